The van der Waals surface area contributed by atoms with Gasteiger partial charge >= 0.3 is 0 Å². The summed E-state index contributed by atoms with van der Waals surface area (Å²) in [5.41, 5.74) is 0.602. The Morgan fingerprint density at radius 2 is 2.10 bits per heavy atom. The summed E-state index contributed by atoms with van der Waals surface area (Å²) in [7, 11) is 0. The molecular formula is C16H24N2O2S. The number of nitriles is 1. The molecule has 2 N–H and O–H groups in total. The van der Waals surface area contributed by atoms with E-state index in [2.05, 4.69) is 18.3 Å². The van der Waals surface area contributed by atoms with E-state index in [4.69, 9.17) is 10.00 Å². The first-order chi connectivity index (χ1) is 10.3. The van der Waals surface area contributed by atoms with Crippen molar-refractivity contribution in [3.8, 4) is 11.8 Å². The number of aliphatic hydroxyl groups is 1. The Labute approximate surface area is 131 Å². The Bertz CT molecular complexity index is 417. The Kier molecular flexibility index (Phi) is 9.71. The maximum atomic E-state index is 9.81. The summed E-state index contributed by atoms with van der Waals surface area (Å²) in [5.74, 6) is 3.06. The molecule has 1 aromatic carbocycles. The first-order valence-corrected chi connectivity index (χ1v) is 8.51. The quantitative estimate of drug-likeness (QED) is 0.615. The molecule has 1 unspecified atom stereocenters. The SMILES string of the molecule is CCCSCCCNCC(O)COc1ccc(C#N)cc1. The molecule has 0 aliphatic rings. The van der Waals surface area contributed by atoms with Crippen LogP contribution in [0.15, 0.2) is 24.3 Å². The van der Waals surface area contributed by atoms with Gasteiger partial charge in [-0.1, -0.05) is 6.92 Å². The van der Waals surface area contributed by atoms with Crippen molar-refractivity contribution in [1.82, 2.24) is 5.32 Å². The number of aliphatic hydroxyl groups excluding tert-OH is 1. The second kappa shape index (κ2) is 11.4. The van der Waals surface area contributed by atoms with Crippen molar-refractivity contribution >= 4 is 11.8 Å². The molecule has 0 saturated heterocycles. The van der Waals surface area contributed by atoms with Gasteiger partial charge in [0, 0.05) is 6.54 Å². The highest BCUT2D eigenvalue weighted by atomic mass is 32.2. The van der Waals surface area contributed by atoms with Crippen molar-refractivity contribution in [2.24, 2.45) is 0 Å². The lowest BCUT2D eigenvalue weighted by molar-refractivity contribution is 0.106. The van der Waals surface area contributed by atoms with E-state index < -0.39 is 6.10 Å². The fraction of sp³-hybridized carbons (Fsp3) is 0.562. The molecule has 0 bridgehead atoms. The van der Waals surface area contributed by atoms with Crippen LogP contribution in [-0.2, 0) is 0 Å². The van der Waals surface area contributed by atoms with Crippen molar-refractivity contribution < 1.29 is 9.84 Å². The fourth-order valence-corrected chi connectivity index (χ4v) is 2.53. The van der Waals surface area contributed by atoms with Crippen LogP contribution in [0.5, 0.6) is 5.75 Å². The van der Waals surface area contributed by atoms with Gasteiger partial charge < -0.3 is 15.2 Å². The zero-order valence-electron chi connectivity index (χ0n) is 12.5. The van der Waals surface area contributed by atoms with Gasteiger partial charge in [-0.05, 0) is 55.2 Å². The van der Waals surface area contributed by atoms with Gasteiger partial charge in [-0.3, -0.25) is 0 Å². The lowest BCUT2D eigenvalue weighted by Gasteiger charge is -2.13. The van der Waals surface area contributed by atoms with E-state index in [1.807, 2.05) is 11.8 Å². The van der Waals surface area contributed by atoms with Crippen LogP contribution in [0, 0.1) is 11.3 Å². The number of benzene rings is 1. The predicted molar refractivity (Wildman–Crippen MR) is 87.8 cm³/mol. The molecule has 4 nitrogen and oxygen atoms in total. The van der Waals surface area contributed by atoms with Crippen LogP contribution in [0.2, 0.25) is 0 Å². The van der Waals surface area contributed by atoms with Crippen molar-refractivity contribution in [2.45, 2.75) is 25.9 Å². The summed E-state index contributed by atoms with van der Waals surface area (Å²) in [4.78, 5) is 0. The standard InChI is InChI=1S/C16H24N2O2S/c1-2-9-21-10-3-8-18-12-15(19)13-20-16-6-4-14(11-17)5-7-16/h4-7,15,18-19H,2-3,8-10,12-13H2,1H3. The molecule has 0 aliphatic heterocycles. The molecule has 5 heteroatoms. The lowest BCUT2D eigenvalue weighted by atomic mass is 10.2. The zero-order valence-corrected chi connectivity index (χ0v) is 13.4. The number of nitrogens with zero attached hydrogens (tertiary/aromatic N) is 1. The molecule has 1 aromatic rings. The summed E-state index contributed by atoms with van der Waals surface area (Å²) >= 11 is 1.97. The van der Waals surface area contributed by atoms with E-state index in [9.17, 15) is 5.11 Å². The number of rotatable bonds is 11. The number of ether oxygens (including phenoxy) is 1. The molecular weight excluding hydrogens is 284 g/mol. The molecule has 0 amide bonds. The normalized spacial score (nSPS) is 11.9. The van der Waals surface area contributed by atoms with Crippen molar-refractivity contribution in [3.05, 3.63) is 29.8 Å². The third-order valence-electron chi connectivity index (χ3n) is 2.80. The van der Waals surface area contributed by atoms with Crippen LogP contribution < -0.4 is 10.1 Å². The van der Waals surface area contributed by atoms with Gasteiger partial charge in [0.25, 0.3) is 0 Å². The maximum absolute atomic E-state index is 9.81. The van der Waals surface area contributed by atoms with Crippen LogP contribution in [0.3, 0.4) is 0 Å². The summed E-state index contributed by atoms with van der Waals surface area (Å²) in [6, 6.07) is 8.94. The molecule has 0 aromatic heterocycles. The Morgan fingerprint density at radius 3 is 2.76 bits per heavy atom. The molecule has 0 heterocycles. The van der Waals surface area contributed by atoms with Crippen LogP contribution in [0.4, 0.5) is 0 Å². The molecule has 0 spiro atoms. The minimum Gasteiger partial charge on any atom is -0.491 e. The van der Waals surface area contributed by atoms with E-state index in [1.54, 1.807) is 24.3 Å². The summed E-state index contributed by atoms with van der Waals surface area (Å²) in [6.45, 7) is 3.90. The maximum Gasteiger partial charge on any atom is 0.119 e. The van der Waals surface area contributed by atoms with E-state index in [0.717, 1.165) is 13.0 Å². The highest BCUT2D eigenvalue weighted by molar-refractivity contribution is 7.99. The molecule has 0 fully saturated rings. The third kappa shape index (κ3) is 8.61. The number of nitrogens with one attached hydrogen (secondary N) is 1. The third-order valence-corrected chi connectivity index (χ3v) is 4.07. The van der Waals surface area contributed by atoms with Crippen LogP contribution >= 0.6 is 11.8 Å². The second-order valence-corrected chi connectivity index (χ2v) is 6.00. The number of hydrogen-bond acceptors (Lipinski definition) is 5. The molecule has 0 saturated carbocycles. The summed E-state index contributed by atoms with van der Waals surface area (Å²) in [6.07, 6.45) is 1.82. The average Bonchev–Trinajstić information content (AvgIpc) is 2.52. The van der Waals surface area contributed by atoms with Gasteiger partial charge in [-0.2, -0.15) is 17.0 Å². The smallest absolute Gasteiger partial charge is 0.119 e. The minimum absolute atomic E-state index is 0.253. The van der Waals surface area contributed by atoms with Gasteiger partial charge in [-0.15, -0.1) is 0 Å². The van der Waals surface area contributed by atoms with Crippen LogP contribution in [0.25, 0.3) is 0 Å². The van der Waals surface area contributed by atoms with Crippen LogP contribution in [0.1, 0.15) is 25.3 Å². The second-order valence-electron chi connectivity index (χ2n) is 4.77. The van der Waals surface area contributed by atoms with E-state index in [1.165, 1.54) is 17.9 Å². The number of thioether (sulfide) groups is 1. The average molecular weight is 308 g/mol. The monoisotopic (exact) mass is 308 g/mol. The molecule has 116 valence electrons. The van der Waals surface area contributed by atoms with E-state index in [0.29, 0.717) is 17.9 Å². The lowest BCUT2D eigenvalue weighted by Crippen LogP contribution is -2.32. The van der Waals surface area contributed by atoms with E-state index >= 15 is 0 Å². The van der Waals surface area contributed by atoms with Crippen molar-refractivity contribution in [1.29, 1.82) is 5.26 Å². The first-order valence-electron chi connectivity index (χ1n) is 7.35. The van der Waals surface area contributed by atoms with E-state index in [-0.39, 0.29) is 6.61 Å². The molecule has 1 rings (SSSR count). The minimum atomic E-state index is -0.524. The Morgan fingerprint density at radius 1 is 1.33 bits per heavy atom. The van der Waals surface area contributed by atoms with Crippen molar-refractivity contribution in [3.63, 3.8) is 0 Å². The van der Waals surface area contributed by atoms with Gasteiger partial charge in [0.15, 0.2) is 0 Å². The molecule has 21 heavy (non-hydrogen) atoms. The largest absolute Gasteiger partial charge is 0.491 e. The molecule has 1 atom stereocenters. The zero-order chi connectivity index (χ0) is 15.3. The highest BCUT2D eigenvalue weighted by Crippen LogP contribution is 2.11. The van der Waals surface area contributed by atoms with Gasteiger partial charge in [0.1, 0.15) is 18.5 Å². The topological polar surface area (TPSA) is 65.3 Å². The Balaban J connectivity index is 2.05. The fourth-order valence-electron chi connectivity index (χ4n) is 1.69. The summed E-state index contributed by atoms with van der Waals surface area (Å²) in [5, 5.41) is 21.7. The highest BCUT2D eigenvalue weighted by Gasteiger charge is 2.04. The predicted octanol–water partition coefficient (Wildman–Crippen LogP) is 2.42. The summed E-state index contributed by atoms with van der Waals surface area (Å²) < 4.78 is 5.47. The molecule has 0 radical (unpaired) electrons. The Hall–Kier alpha value is -1.22. The molecule has 0 aliphatic carbocycles. The van der Waals surface area contributed by atoms with Gasteiger partial charge in [0.2, 0.25) is 0 Å². The number of hydrogen-bond donors (Lipinski definition) is 2. The first kappa shape index (κ1) is 17.8. The van der Waals surface area contributed by atoms with Crippen molar-refractivity contribution in [2.75, 3.05) is 31.2 Å². The van der Waals surface area contributed by atoms with Crippen LogP contribution in [-0.4, -0.2) is 42.4 Å². The van der Waals surface area contributed by atoms with Gasteiger partial charge in [0.05, 0.1) is 11.6 Å². The van der Waals surface area contributed by atoms with Gasteiger partial charge in [-0.25, -0.2) is 0 Å².